The molecule has 0 spiro atoms. The lowest BCUT2D eigenvalue weighted by Crippen LogP contribution is -2.16. The van der Waals surface area contributed by atoms with E-state index in [1.54, 1.807) is 0 Å². The predicted octanol–water partition coefficient (Wildman–Crippen LogP) is 4.57. The second-order valence-corrected chi connectivity index (χ2v) is 5.88. The number of hydrogen-bond acceptors (Lipinski definition) is 2. The average Bonchev–Trinajstić information content (AvgIpc) is 2.52. The number of benzene rings is 2. The third-order valence-corrected chi connectivity index (χ3v) is 3.84. The lowest BCUT2D eigenvalue weighted by molar-refractivity contribution is 0.315. The Bertz CT molecular complexity index is 542. The highest BCUT2D eigenvalue weighted by molar-refractivity contribution is 9.10. The summed E-state index contributed by atoms with van der Waals surface area (Å²) in [6.45, 7) is 4.72. The Labute approximate surface area is 135 Å². The first-order valence-corrected chi connectivity index (χ1v) is 8.24. The van der Waals surface area contributed by atoms with E-state index in [-0.39, 0.29) is 0 Å². The van der Waals surface area contributed by atoms with E-state index in [2.05, 4.69) is 70.6 Å². The molecule has 2 nitrogen and oxygen atoms in total. The normalized spacial score (nSPS) is 10.6. The van der Waals surface area contributed by atoms with Crippen LogP contribution in [0.15, 0.2) is 53.0 Å². The van der Waals surface area contributed by atoms with E-state index in [4.69, 9.17) is 4.74 Å². The lowest BCUT2D eigenvalue weighted by atomic mass is 10.1. The molecule has 0 heterocycles. The maximum absolute atomic E-state index is 5.66. The Morgan fingerprint density at radius 3 is 2.57 bits per heavy atom. The summed E-state index contributed by atoms with van der Waals surface area (Å²) >= 11 is 3.57. The highest BCUT2D eigenvalue weighted by Crippen LogP contribution is 2.26. The van der Waals surface area contributed by atoms with Gasteiger partial charge in [-0.25, -0.2) is 0 Å². The SMILES string of the molecule is CCCOc1ccc(CNCCc2ccccc2)cc1Br. The second kappa shape index (κ2) is 8.85. The summed E-state index contributed by atoms with van der Waals surface area (Å²) in [6, 6.07) is 16.8. The van der Waals surface area contributed by atoms with Gasteiger partial charge in [0.15, 0.2) is 0 Å². The highest BCUT2D eigenvalue weighted by Gasteiger charge is 2.02. The Balaban J connectivity index is 1.77. The molecule has 2 rings (SSSR count). The van der Waals surface area contributed by atoms with Gasteiger partial charge in [-0.1, -0.05) is 43.3 Å². The van der Waals surface area contributed by atoms with Gasteiger partial charge in [-0.15, -0.1) is 0 Å². The molecule has 0 unspecified atom stereocenters. The van der Waals surface area contributed by atoms with Crippen LogP contribution < -0.4 is 10.1 Å². The molecule has 0 bridgehead atoms. The van der Waals surface area contributed by atoms with Gasteiger partial charge in [0.2, 0.25) is 0 Å². The average molecular weight is 348 g/mol. The number of ether oxygens (including phenoxy) is 1. The molecule has 2 aromatic rings. The molecule has 2 aromatic carbocycles. The topological polar surface area (TPSA) is 21.3 Å². The summed E-state index contributed by atoms with van der Waals surface area (Å²) < 4.78 is 6.68. The Hall–Kier alpha value is -1.32. The van der Waals surface area contributed by atoms with E-state index >= 15 is 0 Å². The maximum Gasteiger partial charge on any atom is 0.133 e. The van der Waals surface area contributed by atoms with E-state index in [0.717, 1.165) is 42.8 Å². The van der Waals surface area contributed by atoms with Crippen LogP contribution in [0.25, 0.3) is 0 Å². The molecule has 112 valence electrons. The molecular weight excluding hydrogens is 326 g/mol. The molecule has 3 heteroatoms. The molecular formula is C18H22BrNO. The zero-order valence-electron chi connectivity index (χ0n) is 12.4. The van der Waals surface area contributed by atoms with Crippen molar-refractivity contribution >= 4 is 15.9 Å². The van der Waals surface area contributed by atoms with Crippen molar-refractivity contribution in [2.24, 2.45) is 0 Å². The fourth-order valence-electron chi connectivity index (χ4n) is 2.09. The minimum Gasteiger partial charge on any atom is -0.492 e. The van der Waals surface area contributed by atoms with Crippen molar-refractivity contribution in [3.05, 3.63) is 64.1 Å². The number of hydrogen-bond donors (Lipinski definition) is 1. The van der Waals surface area contributed by atoms with Gasteiger partial charge < -0.3 is 10.1 Å². The van der Waals surface area contributed by atoms with Crippen LogP contribution in [-0.2, 0) is 13.0 Å². The van der Waals surface area contributed by atoms with Gasteiger partial charge in [-0.3, -0.25) is 0 Å². The van der Waals surface area contributed by atoms with Crippen molar-refractivity contribution in [2.75, 3.05) is 13.2 Å². The number of nitrogens with one attached hydrogen (secondary N) is 1. The first kappa shape index (κ1) is 16.1. The third-order valence-electron chi connectivity index (χ3n) is 3.22. The quantitative estimate of drug-likeness (QED) is 0.706. The van der Waals surface area contributed by atoms with Crippen LogP contribution in [0.1, 0.15) is 24.5 Å². The molecule has 0 aliphatic carbocycles. The first-order chi connectivity index (χ1) is 10.3. The number of rotatable bonds is 8. The second-order valence-electron chi connectivity index (χ2n) is 5.03. The number of halogens is 1. The van der Waals surface area contributed by atoms with Gasteiger partial charge in [0, 0.05) is 6.54 Å². The lowest BCUT2D eigenvalue weighted by Gasteiger charge is -2.10. The molecule has 0 atom stereocenters. The van der Waals surface area contributed by atoms with Crippen LogP contribution >= 0.6 is 15.9 Å². The molecule has 0 aliphatic heterocycles. The molecule has 0 radical (unpaired) electrons. The predicted molar refractivity (Wildman–Crippen MR) is 91.8 cm³/mol. The largest absolute Gasteiger partial charge is 0.492 e. The van der Waals surface area contributed by atoms with Crippen molar-refractivity contribution in [1.82, 2.24) is 5.32 Å². The van der Waals surface area contributed by atoms with Crippen molar-refractivity contribution < 1.29 is 4.74 Å². The zero-order chi connectivity index (χ0) is 14.9. The van der Waals surface area contributed by atoms with E-state index in [1.165, 1.54) is 11.1 Å². The van der Waals surface area contributed by atoms with E-state index in [9.17, 15) is 0 Å². The van der Waals surface area contributed by atoms with Crippen LogP contribution in [-0.4, -0.2) is 13.2 Å². The monoisotopic (exact) mass is 347 g/mol. The van der Waals surface area contributed by atoms with Gasteiger partial charge in [0.25, 0.3) is 0 Å². The van der Waals surface area contributed by atoms with Crippen LogP contribution in [0.3, 0.4) is 0 Å². The molecule has 0 aromatic heterocycles. The Kier molecular flexibility index (Phi) is 6.77. The minimum atomic E-state index is 0.757. The van der Waals surface area contributed by atoms with Gasteiger partial charge >= 0.3 is 0 Å². The maximum atomic E-state index is 5.66. The highest BCUT2D eigenvalue weighted by atomic mass is 79.9. The standard InChI is InChI=1S/C18H22BrNO/c1-2-12-21-18-9-8-16(13-17(18)19)14-20-11-10-15-6-4-3-5-7-15/h3-9,13,20H,2,10-12,14H2,1H3. The summed E-state index contributed by atoms with van der Waals surface area (Å²) in [6.07, 6.45) is 2.08. The van der Waals surface area contributed by atoms with Gasteiger partial charge in [0.05, 0.1) is 11.1 Å². The molecule has 21 heavy (non-hydrogen) atoms. The summed E-state index contributed by atoms with van der Waals surface area (Å²) in [7, 11) is 0. The summed E-state index contributed by atoms with van der Waals surface area (Å²) in [5.41, 5.74) is 2.63. The molecule has 0 fully saturated rings. The van der Waals surface area contributed by atoms with Crippen molar-refractivity contribution in [3.63, 3.8) is 0 Å². The van der Waals surface area contributed by atoms with Crippen LogP contribution in [0.4, 0.5) is 0 Å². The van der Waals surface area contributed by atoms with E-state index < -0.39 is 0 Å². The summed E-state index contributed by atoms with van der Waals surface area (Å²) in [4.78, 5) is 0. The van der Waals surface area contributed by atoms with Crippen LogP contribution in [0, 0.1) is 0 Å². The van der Waals surface area contributed by atoms with Crippen molar-refractivity contribution in [3.8, 4) is 5.75 Å². The van der Waals surface area contributed by atoms with E-state index in [1.807, 2.05) is 6.07 Å². The van der Waals surface area contributed by atoms with Crippen molar-refractivity contribution in [1.29, 1.82) is 0 Å². The molecule has 0 amide bonds. The van der Waals surface area contributed by atoms with E-state index in [0.29, 0.717) is 0 Å². The van der Waals surface area contributed by atoms with Gasteiger partial charge in [-0.05, 0) is 58.6 Å². The zero-order valence-corrected chi connectivity index (χ0v) is 14.0. The Morgan fingerprint density at radius 2 is 1.86 bits per heavy atom. The third kappa shape index (κ3) is 5.52. The van der Waals surface area contributed by atoms with Crippen LogP contribution in [0.5, 0.6) is 5.75 Å². The molecule has 0 saturated heterocycles. The smallest absolute Gasteiger partial charge is 0.133 e. The van der Waals surface area contributed by atoms with Gasteiger partial charge in [-0.2, -0.15) is 0 Å². The van der Waals surface area contributed by atoms with Crippen molar-refractivity contribution in [2.45, 2.75) is 26.3 Å². The summed E-state index contributed by atoms with van der Waals surface area (Å²) in [5, 5.41) is 3.48. The molecule has 1 N–H and O–H groups in total. The minimum absolute atomic E-state index is 0.757. The van der Waals surface area contributed by atoms with Crippen LogP contribution in [0.2, 0.25) is 0 Å². The fraction of sp³-hybridized carbons (Fsp3) is 0.333. The summed E-state index contributed by atoms with van der Waals surface area (Å²) in [5.74, 6) is 0.921. The first-order valence-electron chi connectivity index (χ1n) is 7.45. The fourth-order valence-corrected chi connectivity index (χ4v) is 2.63. The Morgan fingerprint density at radius 1 is 1.05 bits per heavy atom. The molecule has 0 saturated carbocycles. The van der Waals surface area contributed by atoms with Gasteiger partial charge in [0.1, 0.15) is 5.75 Å². The molecule has 0 aliphatic rings.